The third-order valence-electron chi connectivity index (χ3n) is 3.51. The summed E-state index contributed by atoms with van der Waals surface area (Å²) >= 11 is 5.47. The number of hydrogen-bond acceptors (Lipinski definition) is 2. The lowest BCUT2D eigenvalue weighted by Crippen LogP contribution is -2.23. The van der Waals surface area contributed by atoms with Crippen LogP contribution in [0.3, 0.4) is 0 Å². The van der Waals surface area contributed by atoms with E-state index in [-0.39, 0.29) is 0 Å². The van der Waals surface area contributed by atoms with E-state index in [9.17, 15) is 0 Å². The van der Waals surface area contributed by atoms with Crippen LogP contribution in [0.4, 0.5) is 0 Å². The van der Waals surface area contributed by atoms with Crippen molar-refractivity contribution in [1.82, 2.24) is 5.32 Å². The van der Waals surface area contributed by atoms with Gasteiger partial charge in [-0.25, -0.2) is 0 Å². The molecule has 1 atom stereocenters. The van der Waals surface area contributed by atoms with Gasteiger partial charge in [-0.3, -0.25) is 0 Å². The van der Waals surface area contributed by atoms with Crippen molar-refractivity contribution < 1.29 is 0 Å². The molecular formula is C17H22BrNS. The van der Waals surface area contributed by atoms with Crippen LogP contribution < -0.4 is 5.32 Å². The molecule has 1 unspecified atom stereocenters. The molecule has 1 N–H and O–H groups in total. The molecule has 1 aromatic carbocycles. The number of benzene rings is 1. The second kappa shape index (κ2) is 7.96. The topological polar surface area (TPSA) is 12.0 Å². The minimum absolute atomic E-state index is 0.399. The van der Waals surface area contributed by atoms with E-state index in [4.69, 9.17) is 0 Å². The molecule has 3 heteroatoms. The average molecular weight is 352 g/mol. The first-order valence-electron chi connectivity index (χ1n) is 7.28. The molecule has 0 bridgehead atoms. The van der Waals surface area contributed by atoms with Gasteiger partial charge in [-0.05, 0) is 57.9 Å². The Morgan fingerprint density at radius 3 is 2.45 bits per heavy atom. The monoisotopic (exact) mass is 351 g/mol. The number of thiophene rings is 1. The van der Waals surface area contributed by atoms with E-state index in [1.165, 1.54) is 20.5 Å². The van der Waals surface area contributed by atoms with Crippen molar-refractivity contribution in [2.75, 3.05) is 6.54 Å². The zero-order valence-corrected chi connectivity index (χ0v) is 14.6. The van der Waals surface area contributed by atoms with Crippen LogP contribution in [0.25, 0.3) is 0 Å². The highest BCUT2D eigenvalue weighted by atomic mass is 79.9. The Balaban J connectivity index is 2.15. The van der Waals surface area contributed by atoms with Gasteiger partial charge in [0.1, 0.15) is 0 Å². The third kappa shape index (κ3) is 4.18. The molecule has 2 aromatic rings. The number of halogens is 1. The van der Waals surface area contributed by atoms with E-state index in [1.807, 2.05) is 11.3 Å². The molecule has 0 aliphatic rings. The van der Waals surface area contributed by atoms with E-state index < -0.39 is 0 Å². The van der Waals surface area contributed by atoms with Crippen LogP contribution in [0.1, 0.15) is 42.3 Å². The Hall–Kier alpha value is -0.640. The van der Waals surface area contributed by atoms with Crippen molar-refractivity contribution in [3.05, 3.63) is 56.2 Å². The van der Waals surface area contributed by atoms with Gasteiger partial charge in [0.15, 0.2) is 0 Å². The minimum Gasteiger partial charge on any atom is -0.310 e. The van der Waals surface area contributed by atoms with Gasteiger partial charge in [-0.15, -0.1) is 11.3 Å². The van der Waals surface area contributed by atoms with E-state index in [0.29, 0.717) is 6.04 Å². The fourth-order valence-electron chi connectivity index (χ4n) is 2.27. The Morgan fingerprint density at radius 1 is 1.15 bits per heavy atom. The summed E-state index contributed by atoms with van der Waals surface area (Å²) in [6.07, 6.45) is 3.31. The highest BCUT2D eigenvalue weighted by molar-refractivity contribution is 9.10. The summed E-state index contributed by atoms with van der Waals surface area (Å²) in [5.41, 5.74) is 2.79. The fraction of sp³-hybridized carbons (Fsp3) is 0.412. The minimum atomic E-state index is 0.399. The first-order chi connectivity index (χ1) is 9.74. The third-order valence-corrected chi connectivity index (χ3v) is 5.46. The molecule has 0 saturated heterocycles. The van der Waals surface area contributed by atoms with E-state index in [2.05, 4.69) is 70.8 Å². The van der Waals surface area contributed by atoms with E-state index in [0.717, 1.165) is 25.8 Å². The molecule has 0 spiro atoms. The van der Waals surface area contributed by atoms with Gasteiger partial charge in [-0.2, -0.15) is 0 Å². The molecule has 1 nitrogen and oxygen atoms in total. The normalized spacial score (nSPS) is 12.6. The predicted octanol–water partition coefficient (Wildman–Crippen LogP) is 5.36. The first-order valence-corrected chi connectivity index (χ1v) is 8.96. The summed E-state index contributed by atoms with van der Waals surface area (Å²) in [6, 6.07) is 11.6. The second-order valence-electron chi connectivity index (χ2n) is 5.00. The van der Waals surface area contributed by atoms with Crippen molar-refractivity contribution in [2.45, 2.75) is 39.2 Å². The quantitative estimate of drug-likeness (QED) is 0.708. The number of aryl methyl sites for hydroxylation is 1. The van der Waals surface area contributed by atoms with Crippen LogP contribution in [0.15, 0.2) is 40.2 Å². The van der Waals surface area contributed by atoms with Crippen molar-refractivity contribution in [1.29, 1.82) is 0 Å². The molecule has 0 saturated carbocycles. The molecule has 0 aliphatic carbocycles. The van der Waals surface area contributed by atoms with Gasteiger partial charge in [0, 0.05) is 21.8 Å². The van der Waals surface area contributed by atoms with Crippen molar-refractivity contribution in [3.63, 3.8) is 0 Å². The molecule has 0 amide bonds. The Morgan fingerprint density at radius 2 is 1.90 bits per heavy atom. The summed E-state index contributed by atoms with van der Waals surface area (Å²) in [5, 5.41) is 5.82. The standard InChI is InChI=1S/C17H22BrNS/c1-3-10-19-16(12-17-15(18)9-11-20-17)14-7-5-13(4-2)6-8-14/h5-9,11,16,19H,3-4,10,12H2,1-2H3. The molecule has 1 aromatic heterocycles. The summed E-state index contributed by atoms with van der Waals surface area (Å²) in [5.74, 6) is 0. The molecule has 2 rings (SSSR count). The highest BCUT2D eigenvalue weighted by Crippen LogP contribution is 2.28. The lowest BCUT2D eigenvalue weighted by atomic mass is 10.0. The average Bonchev–Trinajstić information content (AvgIpc) is 2.89. The van der Waals surface area contributed by atoms with Crippen molar-refractivity contribution in [3.8, 4) is 0 Å². The summed E-state index contributed by atoms with van der Waals surface area (Å²) < 4.78 is 1.23. The van der Waals surface area contributed by atoms with Crippen molar-refractivity contribution in [2.24, 2.45) is 0 Å². The Labute approximate surface area is 134 Å². The summed E-state index contributed by atoms with van der Waals surface area (Å²) in [7, 11) is 0. The number of hydrogen-bond donors (Lipinski definition) is 1. The first kappa shape index (κ1) is 15.7. The number of nitrogens with one attached hydrogen (secondary N) is 1. The molecule has 0 aliphatic heterocycles. The molecule has 0 fully saturated rings. The van der Waals surface area contributed by atoms with Crippen LogP contribution in [-0.2, 0) is 12.8 Å². The smallest absolute Gasteiger partial charge is 0.0369 e. The lowest BCUT2D eigenvalue weighted by molar-refractivity contribution is 0.531. The summed E-state index contributed by atoms with van der Waals surface area (Å²) in [4.78, 5) is 1.41. The van der Waals surface area contributed by atoms with Crippen molar-refractivity contribution >= 4 is 27.3 Å². The van der Waals surface area contributed by atoms with Crippen LogP contribution in [0.2, 0.25) is 0 Å². The fourth-order valence-corrected chi connectivity index (χ4v) is 3.83. The van der Waals surface area contributed by atoms with Crippen LogP contribution in [0, 0.1) is 0 Å². The molecule has 1 heterocycles. The molecule has 20 heavy (non-hydrogen) atoms. The molecular weight excluding hydrogens is 330 g/mol. The molecule has 0 radical (unpaired) electrons. The van der Waals surface area contributed by atoms with Gasteiger partial charge in [0.25, 0.3) is 0 Å². The maximum Gasteiger partial charge on any atom is 0.0369 e. The Bertz CT molecular complexity index is 518. The van der Waals surface area contributed by atoms with Crippen LogP contribution in [-0.4, -0.2) is 6.54 Å². The van der Waals surface area contributed by atoms with Gasteiger partial charge in [-0.1, -0.05) is 38.1 Å². The largest absolute Gasteiger partial charge is 0.310 e. The summed E-state index contributed by atoms with van der Waals surface area (Å²) in [6.45, 7) is 5.47. The number of rotatable bonds is 7. The second-order valence-corrected chi connectivity index (χ2v) is 6.85. The zero-order valence-electron chi connectivity index (χ0n) is 12.2. The lowest BCUT2D eigenvalue weighted by Gasteiger charge is -2.19. The van der Waals surface area contributed by atoms with E-state index in [1.54, 1.807) is 0 Å². The van der Waals surface area contributed by atoms with Crippen LogP contribution >= 0.6 is 27.3 Å². The Kier molecular flexibility index (Phi) is 6.27. The molecule has 108 valence electrons. The van der Waals surface area contributed by atoms with Gasteiger partial charge in [0.2, 0.25) is 0 Å². The predicted molar refractivity (Wildman–Crippen MR) is 92.6 cm³/mol. The van der Waals surface area contributed by atoms with Gasteiger partial charge < -0.3 is 5.32 Å². The van der Waals surface area contributed by atoms with Crippen LogP contribution in [0.5, 0.6) is 0 Å². The highest BCUT2D eigenvalue weighted by Gasteiger charge is 2.14. The van der Waals surface area contributed by atoms with Gasteiger partial charge in [0.05, 0.1) is 0 Å². The van der Waals surface area contributed by atoms with Gasteiger partial charge >= 0.3 is 0 Å². The maximum atomic E-state index is 3.67. The zero-order chi connectivity index (χ0) is 14.4. The van der Waals surface area contributed by atoms with E-state index >= 15 is 0 Å². The maximum absolute atomic E-state index is 3.67. The SMILES string of the molecule is CCCNC(Cc1sccc1Br)c1ccc(CC)cc1.